The van der Waals surface area contributed by atoms with Crippen LogP contribution in [0.15, 0.2) is 66.4 Å². The van der Waals surface area contributed by atoms with Crippen molar-refractivity contribution < 1.29 is 0 Å². The van der Waals surface area contributed by atoms with E-state index in [0.29, 0.717) is 0 Å². The van der Waals surface area contributed by atoms with Crippen molar-refractivity contribution in [2.45, 2.75) is 27.2 Å². The van der Waals surface area contributed by atoms with Gasteiger partial charge in [-0.2, -0.15) is 0 Å². The first-order valence-electron chi connectivity index (χ1n) is 7.93. The van der Waals surface area contributed by atoms with E-state index in [2.05, 4.69) is 55.5 Å². The molecule has 2 heteroatoms. The number of aryl methyl sites for hydroxylation is 1. The molecule has 2 rings (SSSR count). The van der Waals surface area contributed by atoms with Gasteiger partial charge in [0.2, 0.25) is 0 Å². The SMILES string of the molecule is C=C/C(=C\C=NC)c1cc(C)cc(-c2ccncc2)c1.CCC. The van der Waals surface area contributed by atoms with Crippen molar-refractivity contribution in [2.75, 3.05) is 7.05 Å². The lowest BCUT2D eigenvalue weighted by Gasteiger charge is -2.08. The number of pyridine rings is 1. The van der Waals surface area contributed by atoms with E-state index >= 15 is 0 Å². The van der Waals surface area contributed by atoms with Crippen molar-refractivity contribution in [3.8, 4) is 11.1 Å². The maximum absolute atomic E-state index is 4.06. The molecule has 1 heterocycles. The van der Waals surface area contributed by atoms with Gasteiger partial charge in [-0.1, -0.05) is 45.1 Å². The monoisotopic (exact) mass is 306 g/mol. The largest absolute Gasteiger partial charge is 0.296 e. The van der Waals surface area contributed by atoms with Gasteiger partial charge >= 0.3 is 0 Å². The van der Waals surface area contributed by atoms with Crippen LogP contribution in [0.5, 0.6) is 0 Å². The summed E-state index contributed by atoms with van der Waals surface area (Å²) < 4.78 is 0. The normalized spacial score (nSPS) is 11.0. The summed E-state index contributed by atoms with van der Waals surface area (Å²) in [6.45, 7) is 10.2. The Bertz CT molecular complexity index is 667. The van der Waals surface area contributed by atoms with Crippen LogP contribution in [-0.2, 0) is 0 Å². The Morgan fingerprint density at radius 2 is 1.78 bits per heavy atom. The second-order valence-electron chi connectivity index (χ2n) is 5.26. The van der Waals surface area contributed by atoms with Crippen molar-refractivity contribution >= 4 is 11.8 Å². The van der Waals surface area contributed by atoms with Crippen LogP contribution in [0.1, 0.15) is 31.4 Å². The molecule has 0 amide bonds. The third kappa shape index (κ3) is 6.03. The van der Waals surface area contributed by atoms with E-state index in [1.807, 2.05) is 36.7 Å². The minimum Gasteiger partial charge on any atom is -0.296 e. The first-order chi connectivity index (χ1) is 11.2. The highest BCUT2D eigenvalue weighted by atomic mass is 14.6. The number of hydrogen-bond donors (Lipinski definition) is 0. The molecule has 0 saturated heterocycles. The summed E-state index contributed by atoms with van der Waals surface area (Å²) in [5.74, 6) is 0. The number of nitrogens with zero attached hydrogens (tertiary/aromatic N) is 2. The molecule has 0 spiro atoms. The smallest absolute Gasteiger partial charge is 0.0277 e. The van der Waals surface area contributed by atoms with Crippen LogP contribution >= 0.6 is 0 Å². The number of rotatable bonds is 4. The van der Waals surface area contributed by atoms with Crippen LogP contribution in [-0.4, -0.2) is 18.2 Å². The standard InChI is InChI=1S/C18H18N2.C3H8/c1-4-15(5-8-19-3)17-11-14(2)12-18(13-17)16-6-9-20-10-7-16;1-3-2/h4-13H,1H2,2-3H3;3H2,1-2H3/b15-5+,19-8?;. The first kappa shape index (κ1) is 18.6. The molecule has 0 bridgehead atoms. The summed E-state index contributed by atoms with van der Waals surface area (Å²) in [4.78, 5) is 8.06. The second-order valence-corrected chi connectivity index (χ2v) is 5.26. The molecule has 1 aromatic heterocycles. The number of allylic oxidation sites excluding steroid dienone is 3. The molecule has 2 nitrogen and oxygen atoms in total. The van der Waals surface area contributed by atoms with Gasteiger partial charge in [-0.25, -0.2) is 0 Å². The molecule has 0 atom stereocenters. The Morgan fingerprint density at radius 1 is 1.13 bits per heavy atom. The fourth-order valence-corrected chi connectivity index (χ4v) is 2.10. The maximum atomic E-state index is 4.06. The Morgan fingerprint density at radius 3 is 2.35 bits per heavy atom. The molecular formula is C21H26N2. The van der Waals surface area contributed by atoms with Crippen LogP contribution in [0, 0.1) is 6.92 Å². The van der Waals surface area contributed by atoms with Crippen molar-refractivity contribution in [3.05, 3.63) is 72.6 Å². The lowest BCUT2D eigenvalue weighted by Crippen LogP contribution is -1.87. The Labute approximate surface area is 140 Å². The van der Waals surface area contributed by atoms with Gasteiger partial charge in [0.1, 0.15) is 0 Å². The quantitative estimate of drug-likeness (QED) is 0.522. The summed E-state index contributed by atoms with van der Waals surface area (Å²) >= 11 is 0. The van der Waals surface area contributed by atoms with Gasteiger partial charge in [-0.3, -0.25) is 9.98 Å². The third-order valence-electron chi connectivity index (χ3n) is 3.05. The van der Waals surface area contributed by atoms with Gasteiger partial charge in [0.15, 0.2) is 0 Å². The highest BCUT2D eigenvalue weighted by Gasteiger charge is 2.03. The van der Waals surface area contributed by atoms with Gasteiger partial charge < -0.3 is 0 Å². The van der Waals surface area contributed by atoms with E-state index in [0.717, 1.165) is 16.7 Å². The number of benzene rings is 1. The van der Waals surface area contributed by atoms with Crippen molar-refractivity contribution in [3.63, 3.8) is 0 Å². The molecule has 0 saturated carbocycles. The van der Waals surface area contributed by atoms with E-state index in [-0.39, 0.29) is 0 Å². The number of aliphatic imine (C=N–C) groups is 1. The Hall–Kier alpha value is -2.48. The lowest BCUT2D eigenvalue weighted by atomic mass is 9.97. The third-order valence-corrected chi connectivity index (χ3v) is 3.05. The molecule has 0 aliphatic heterocycles. The predicted octanol–water partition coefficient (Wildman–Crippen LogP) is 5.74. The zero-order chi connectivity index (χ0) is 17.1. The fraction of sp³-hybridized carbons (Fsp3) is 0.238. The van der Waals surface area contributed by atoms with Gasteiger partial charge in [0.05, 0.1) is 0 Å². The topological polar surface area (TPSA) is 25.2 Å². The number of aromatic nitrogens is 1. The van der Waals surface area contributed by atoms with Gasteiger partial charge in [-0.05, 0) is 59.0 Å². The summed E-state index contributed by atoms with van der Waals surface area (Å²) in [6, 6.07) is 10.5. The average Bonchev–Trinajstić information content (AvgIpc) is 2.57. The zero-order valence-corrected chi connectivity index (χ0v) is 14.6. The van der Waals surface area contributed by atoms with Gasteiger partial charge in [0, 0.05) is 25.7 Å². The van der Waals surface area contributed by atoms with Gasteiger partial charge in [-0.15, -0.1) is 0 Å². The molecule has 0 radical (unpaired) electrons. The van der Waals surface area contributed by atoms with Crippen molar-refractivity contribution in [1.82, 2.24) is 4.98 Å². The molecule has 120 valence electrons. The van der Waals surface area contributed by atoms with Crippen molar-refractivity contribution in [1.29, 1.82) is 0 Å². The van der Waals surface area contributed by atoms with Crippen LogP contribution < -0.4 is 0 Å². The molecular weight excluding hydrogens is 280 g/mol. The second kappa shape index (κ2) is 10.3. The lowest BCUT2D eigenvalue weighted by molar-refractivity contribution is 1.09. The highest BCUT2D eigenvalue weighted by Crippen LogP contribution is 2.25. The van der Waals surface area contributed by atoms with E-state index in [1.165, 1.54) is 17.5 Å². The first-order valence-corrected chi connectivity index (χ1v) is 7.93. The molecule has 0 aliphatic carbocycles. The van der Waals surface area contributed by atoms with E-state index in [9.17, 15) is 0 Å². The minimum absolute atomic E-state index is 1.06. The summed E-state index contributed by atoms with van der Waals surface area (Å²) in [5.41, 5.74) is 5.78. The van der Waals surface area contributed by atoms with Crippen LogP contribution in [0.3, 0.4) is 0 Å². The molecule has 2 aromatic rings. The molecule has 0 unspecified atom stereocenters. The van der Waals surface area contributed by atoms with E-state index < -0.39 is 0 Å². The summed E-state index contributed by atoms with van der Waals surface area (Å²) in [5, 5.41) is 0. The van der Waals surface area contributed by atoms with Crippen LogP contribution in [0.2, 0.25) is 0 Å². The highest BCUT2D eigenvalue weighted by molar-refractivity contribution is 5.89. The van der Waals surface area contributed by atoms with Crippen molar-refractivity contribution in [2.24, 2.45) is 4.99 Å². The molecule has 0 aliphatic rings. The zero-order valence-electron chi connectivity index (χ0n) is 14.6. The van der Waals surface area contributed by atoms with E-state index in [1.54, 1.807) is 13.3 Å². The minimum atomic E-state index is 1.06. The summed E-state index contributed by atoms with van der Waals surface area (Å²) in [7, 11) is 1.76. The molecule has 0 fully saturated rings. The average molecular weight is 306 g/mol. The summed E-state index contributed by atoms with van der Waals surface area (Å²) in [6.07, 6.45) is 10.5. The van der Waals surface area contributed by atoms with E-state index in [4.69, 9.17) is 0 Å². The predicted molar refractivity (Wildman–Crippen MR) is 103 cm³/mol. The Kier molecular flexibility index (Phi) is 8.30. The maximum Gasteiger partial charge on any atom is 0.0277 e. The molecule has 0 N–H and O–H groups in total. The molecule has 1 aromatic carbocycles. The Balaban J connectivity index is 0.000000816. The fourth-order valence-electron chi connectivity index (χ4n) is 2.10. The molecule has 23 heavy (non-hydrogen) atoms. The number of hydrogen-bond acceptors (Lipinski definition) is 2. The van der Waals surface area contributed by atoms with Crippen LogP contribution in [0.4, 0.5) is 0 Å². The van der Waals surface area contributed by atoms with Crippen LogP contribution in [0.25, 0.3) is 16.7 Å². The van der Waals surface area contributed by atoms with Gasteiger partial charge in [0.25, 0.3) is 0 Å².